The molecule has 0 heterocycles. The fraction of sp³-hybridized carbons (Fsp3) is 0.556. The Morgan fingerprint density at radius 1 is 1.70 bits per heavy atom. The molecule has 0 spiro atoms. The van der Waals surface area contributed by atoms with E-state index in [9.17, 15) is 0 Å². The van der Waals surface area contributed by atoms with E-state index < -0.39 is 0 Å². The second kappa shape index (κ2) is 6.38. The van der Waals surface area contributed by atoms with Crippen LogP contribution in [0.1, 0.15) is 19.8 Å². The van der Waals surface area contributed by atoms with Gasteiger partial charge in [-0.2, -0.15) is 0 Å². The van der Waals surface area contributed by atoms with Crippen molar-refractivity contribution in [1.82, 2.24) is 5.32 Å². The number of hydrogen-bond donors (Lipinski definition) is 1. The van der Waals surface area contributed by atoms with Crippen LogP contribution in [0.5, 0.6) is 0 Å². The highest BCUT2D eigenvalue weighted by atomic mass is 14.8. The Labute approximate surface area is 63.5 Å². The molecular weight excluding hydrogens is 122 g/mol. The third-order valence-corrected chi connectivity index (χ3v) is 1.27. The van der Waals surface area contributed by atoms with E-state index in [1.165, 1.54) is 5.57 Å². The molecule has 0 aliphatic heterocycles. The minimum absolute atomic E-state index is 0.781. The highest BCUT2D eigenvalue weighted by Gasteiger charge is 1.83. The lowest BCUT2D eigenvalue weighted by atomic mass is 10.2. The molecule has 1 nitrogen and oxygen atoms in total. The standard InChI is InChI=1S/C9H15N/c1-4-6-9(2)7-5-8-10-3/h1,7,10H,5-6,8H2,2-3H3. The summed E-state index contributed by atoms with van der Waals surface area (Å²) >= 11 is 0. The Morgan fingerprint density at radius 2 is 2.40 bits per heavy atom. The maximum atomic E-state index is 5.13. The van der Waals surface area contributed by atoms with Crippen LogP contribution in [0.2, 0.25) is 0 Å². The molecule has 0 bridgehead atoms. The second-order valence-corrected chi connectivity index (χ2v) is 2.32. The molecule has 0 aromatic rings. The molecule has 0 saturated heterocycles. The van der Waals surface area contributed by atoms with Gasteiger partial charge in [-0.3, -0.25) is 0 Å². The summed E-state index contributed by atoms with van der Waals surface area (Å²) in [7, 11) is 1.95. The SMILES string of the molecule is C#CCC(C)=CCCNC. The largest absolute Gasteiger partial charge is 0.319 e. The molecule has 0 aliphatic rings. The number of nitrogens with one attached hydrogen (secondary N) is 1. The molecule has 1 N–H and O–H groups in total. The minimum atomic E-state index is 0.781. The Morgan fingerprint density at radius 3 is 2.90 bits per heavy atom. The van der Waals surface area contributed by atoms with Gasteiger partial charge in [0.25, 0.3) is 0 Å². The van der Waals surface area contributed by atoms with Gasteiger partial charge in [0.2, 0.25) is 0 Å². The van der Waals surface area contributed by atoms with Gasteiger partial charge in [-0.25, -0.2) is 0 Å². The summed E-state index contributed by atoms with van der Waals surface area (Å²) in [6.45, 7) is 3.09. The van der Waals surface area contributed by atoms with Crippen LogP contribution >= 0.6 is 0 Å². The topological polar surface area (TPSA) is 12.0 Å². The fourth-order valence-corrected chi connectivity index (χ4v) is 0.696. The predicted molar refractivity (Wildman–Crippen MR) is 45.8 cm³/mol. The minimum Gasteiger partial charge on any atom is -0.319 e. The van der Waals surface area contributed by atoms with Crippen LogP contribution in [-0.2, 0) is 0 Å². The van der Waals surface area contributed by atoms with Crippen molar-refractivity contribution in [3.63, 3.8) is 0 Å². The van der Waals surface area contributed by atoms with E-state index in [2.05, 4.69) is 24.2 Å². The summed E-state index contributed by atoms with van der Waals surface area (Å²) in [5.41, 5.74) is 1.29. The molecule has 0 amide bonds. The maximum absolute atomic E-state index is 5.13. The first-order valence-electron chi connectivity index (χ1n) is 3.55. The lowest BCUT2D eigenvalue weighted by Gasteiger charge is -1.94. The average molecular weight is 137 g/mol. The number of rotatable bonds is 4. The first-order chi connectivity index (χ1) is 4.81. The van der Waals surface area contributed by atoms with Crippen LogP contribution in [0.25, 0.3) is 0 Å². The summed E-state index contributed by atoms with van der Waals surface area (Å²) in [5.74, 6) is 2.61. The van der Waals surface area contributed by atoms with Crippen molar-refractivity contribution >= 4 is 0 Å². The highest BCUT2D eigenvalue weighted by molar-refractivity contribution is 5.07. The monoisotopic (exact) mass is 137 g/mol. The quantitative estimate of drug-likeness (QED) is 0.352. The number of allylic oxidation sites excluding steroid dienone is 1. The molecule has 0 fully saturated rings. The molecule has 0 rings (SSSR count). The van der Waals surface area contributed by atoms with Crippen LogP contribution in [0, 0.1) is 12.3 Å². The van der Waals surface area contributed by atoms with Crippen molar-refractivity contribution in [2.24, 2.45) is 0 Å². The zero-order valence-corrected chi connectivity index (χ0v) is 6.78. The first-order valence-corrected chi connectivity index (χ1v) is 3.55. The molecule has 0 aromatic heterocycles. The average Bonchev–Trinajstić information content (AvgIpc) is 1.89. The van der Waals surface area contributed by atoms with Crippen molar-refractivity contribution in [2.45, 2.75) is 19.8 Å². The van der Waals surface area contributed by atoms with E-state index in [-0.39, 0.29) is 0 Å². The van der Waals surface area contributed by atoms with E-state index in [4.69, 9.17) is 6.42 Å². The Kier molecular flexibility index (Phi) is 5.91. The fourth-order valence-electron chi connectivity index (χ4n) is 0.696. The maximum Gasteiger partial charge on any atom is 0.0293 e. The van der Waals surface area contributed by atoms with Gasteiger partial charge in [0.15, 0.2) is 0 Å². The van der Waals surface area contributed by atoms with Crippen LogP contribution in [0.4, 0.5) is 0 Å². The van der Waals surface area contributed by atoms with Crippen molar-refractivity contribution in [2.75, 3.05) is 13.6 Å². The Balaban J connectivity index is 3.40. The Hall–Kier alpha value is -0.740. The summed E-state index contributed by atoms with van der Waals surface area (Å²) in [6, 6.07) is 0. The zero-order valence-electron chi connectivity index (χ0n) is 6.78. The summed E-state index contributed by atoms with van der Waals surface area (Å²) in [6.07, 6.45) is 9.16. The van der Waals surface area contributed by atoms with E-state index in [0.717, 1.165) is 19.4 Å². The molecule has 0 radical (unpaired) electrons. The molecular formula is C9H15N. The third-order valence-electron chi connectivity index (χ3n) is 1.27. The van der Waals surface area contributed by atoms with Gasteiger partial charge < -0.3 is 5.32 Å². The molecule has 0 aromatic carbocycles. The van der Waals surface area contributed by atoms with Crippen molar-refractivity contribution in [1.29, 1.82) is 0 Å². The predicted octanol–water partition coefficient (Wildman–Crippen LogP) is 1.57. The van der Waals surface area contributed by atoms with Crippen molar-refractivity contribution in [3.8, 4) is 12.3 Å². The molecule has 0 atom stereocenters. The van der Waals surface area contributed by atoms with Crippen LogP contribution in [0.3, 0.4) is 0 Å². The molecule has 0 saturated carbocycles. The number of terminal acetylenes is 1. The summed E-state index contributed by atoms with van der Waals surface area (Å²) < 4.78 is 0. The molecule has 0 aliphatic carbocycles. The van der Waals surface area contributed by atoms with Crippen molar-refractivity contribution < 1.29 is 0 Å². The molecule has 1 heteroatoms. The van der Waals surface area contributed by atoms with Crippen LogP contribution in [0.15, 0.2) is 11.6 Å². The van der Waals surface area contributed by atoms with Gasteiger partial charge in [-0.1, -0.05) is 11.6 Å². The van der Waals surface area contributed by atoms with Crippen LogP contribution in [-0.4, -0.2) is 13.6 Å². The lowest BCUT2D eigenvalue weighted by molar-refractivity contribution is 0.803. The van der Waals surface area contributed by atoms with Gasteiger partial charge in [-0.05, 0) is 26.9 Å². The summed E-state index contributed by atoms with van der Waals surface area (Å²) in [4.78, 5) is 0. The van der Waals surface area contributed by atoms with Gasteiger partial charge in [0.1, 0.15) is 0 Å². The first kappa shape index (κ1) is 9.26. The van der Waals surface area contributed by atoms with Gasteiger partial charge >= 0.3 is 0 Å². The van der Waals surface area contributed by atoms with Crippen molar-refractivity contribution in [3.05, 3.63) is 11.6 Å². The summed E-state index contributed by atoms with van der Waals surface area (Å²) in [5, 5.41) is 3.07. The van der Waals surface area contributed by atoms with Gasteiger partial charge in [-0.15, -0.1) is 12.3 Å². The van der Waals surface area contributed by atoms with E-state index >= 15 is 0 Å². The smallest absolute Gasteiger partial charge is 0.0293 e. The molecule has 0 unspecified atom stereocenters. The van der Waals surface area contributed by atoms with E-state index in [0.29, 0.717) is 0 Å². The number of hydrogen-bond acceptors (Lipinski definition) is 1. The molecule has 10 heavy (non-hydrogen) atoms. The normalized spacial score (nSPS) is 11.1. The van der Waals surface area contributed by atoms with E-state index in [1.807, 2.05) is 7.05 Å². The van der Waals surface area contributed by atoms with Crippen LogP contribution < -0.4 is 5.32 Å². The third kappa shape index (κ3) is 5.40. The zero-order chi connectivity index (χ0) is 7.82. The Bertz CT molecular complexity index is 139. The van der Waals surface area contributed by atoms with E-state index in [1.54, 1.807) is 0 Å². The second-order valence-electron chi connectivity index (χ2n) is 2.32. The van der Waals surface area contributed by atoms with Gasteiger partial charge in [0.05, 0.1) is 0 Å². The molecule has 56 valence electrons. The highest BCUT2D eigenvalue weighted by Crippen LogP contribution is 1.98. The lowest BCUT2D eigenvalue weighted by Crippen LogP contribution is -2.05. The van der Waals surface area contributed by atoms with Gasteiger partial charge in [0, 0.05) is 6.42 Å².